The highest BCUT2D eigenvalue weighted by Crippen LogP contribution is 2.36. The average Bonchev–Trinajstić information content (AvgIpc) is 2.57. The molecule has 0 amide bonds. The average molecular weight is 338 g/mol. The fourth-order valence-electron chi connectivity index (χ4n) is 2.99. The summed E-state index contributed by atoms with van der Waals surface area (Å²) in [7, 11) is 0. The van der Waals surface area contributed by atoms with Crippen molar-refractivity contribution in [3.8, 4) is 0 Å². The second-order valence-electron chi connectivity index (χ2n) is 5.87. The van der Waals surface area contributed by atoms with Crippen molar-refractivity contribution in [2.45, 2.75) is 25.6 Å². The van der Waals surface area contributed by atoms with Crippen LogP contribution in [0.4, 0.5) is 19.0 Å². The molecule has 5 nitrogen and oxygen atoms in total. The molecule has 3 heterocycles. The Balaban J connectivity index is 1.68. The van der Waals surface area contributed by atoms with Gasteiger partial charge in [0.25, 0.3) is 5.56 Å². The maximum atomic E-state index is 13.1. The number of aromatic nitrogens is 3. The van der Waals surface area contributed by atoms with Gasteiger partial charge in [-0.15, -0.1) is 0 Å². The van der Waals surface area contributed by atoms with Crippen molar-refractivity contribution in [1.82, 2.24) is 14.5 Å². The molecule has 0 atom stereocenters. The van der Waals surface area contributed by atoms with Crippen molar-refractivity contribution >= 4 is 5.82 Å². The summed E-state index contributed by atoms with van der Waals surface area (Å²) in [5.74, 6) is 0.225. The summed E-state index contributed by atoms with van der Waals surface area (Å²) in [6.45, 7) is 1.51. The molecule has 24 heavy (non-hydrogen) atoms. The molecule has 128 valence electrons. The predicted molar refractivity (Wildman–Crippen MR) is 82.7 cm³/mol. The van der Waals surface area contributed by atoms with Crippen LogP contribution in [-0.2, 0) is 12.7 Å². The van der Waals surface area contributed by atoms with Gasteiger partial charge in [0.05, 0.1) is 11.9 Å². The summed E-state index contributed by atoms with van der Waals surface area (Å²) in [5, 5.41) is 0. The van der Waals surface area contributed by atoms with Crippen molar-refractivity contribution in [3.63, 3.8) is 0 Å². The molecule has 0 bridgehead atoms. The molecule has 8 heteroatoms. The number of pyridine rings is 1. The number of hydrogen-bond donors (Lipinski definition) is 0. The second-order valence-corrected chi connectivity index (χ2v) is 5.87. The Bertz CT molecular complexity index is 751. The van der Waals surface area contributed by atoms with Crippen LogP contribution in [0.3, 0.4) is 0 Å². The Labute approximate surface area is 136 Å². The van der Waals surface area contributed by atoms with E-state index in [2.05, 4.69) is 9.97 Å². The summed E-state index contributed by atoms with van der Waals surface area (Å²) in [6.07, 6.45) is 1.32. The fourth-order valence-corrected chi connectivity index (χ4v) is 2.99. The number of hydrogen-bond acceptors (Lipinski definition) is 4. The quantitative estimate of drug-likeness (QED) is 0.863. The molecule has 3 rings (SSSR count). The topological polar surface area (TPSA) is 51.0 Å². The van der Waals surface area contributed by atoms with Gasteiger partial charge in [0.15, 0.2) is 0 Å². The molecule has 1 aliphatic heterocycles. The van der Waals surface area contributed by atoms with Crippen LogP contribution in [0.15, 0.2) is 41.7 Å². The van der Waals surface area contributed by atoms with Gasteiger partial charge in [0.2, 0.25) is 0 Å². The lowest BCUT2D eigenvalue weighted by atomic mass is 9.96. The van der Waals surface area contributed by atoms with Crippen LogP contribution in [0, 0.1) is 5.92 Å². The van der Waals surface area contributed by atoms with Crippen LogP contribution < -0.4 is 10.5 Å². The highest BCUT2D eigenvalue weighted by molar-refractivity contribution is 5.48. The first kappa shape index (κ1) is 16.5. The molecule has 0 saturated carbocycles. The first-order valence-corrected chi connectivity index (χ1v) is 7.73. The first-order valence-electron chi connectivity index (χ1n) is 7.73. The number of rotatable bonds is 3. The van der Waals surface area contributed by atoms with E-state index in [0.717, 1.165) is 6.07 Å². The number of alkyl halides is 3. The molecule has 0 unspecified atom stereocenters. The minimum Gasteiger partial charge on any atom is -0.356 e. The van der Waals surface area contributed by atoms with Crippen molar-refractivity contribution in [2.24, 2.45) is 5.92 Å². The fraction of sp³-hybridized carbons (Fsp3) is 0.438. The Morgan fingerprint density at radius 1 is 1.17 bits per heavy atom. The van der Waals surface area contributed by atoms with Crippen LogP contribution in [-0.4, -0.2) is 27.6 Å². The van der Waals surface area contributed by atoms with Gasteiger partial charge in [0.1, 0.15) is 5.82 Å². The van der Waals surface area contributed by atoms with E-state index < -0.39 is 11.7 Å². The number of piperidine rings is 1. The smallest absolute Gasteiger partial charge is 0.356 e. The van der Waals surface area contributed by atoms with Crippen molar-refractivity contribution in [2.75, 3.05) is 18.0 Å². The molecular weight excluding hydrogens is 321 g/mol. The molecule has 0 aliphatic carbocycles. The molecule has 1 aliphatic rings. The van der Waals surface area contributed by atoms with Gasteiger partial charge in [-0.05, 0) is 30.9 Å². The third-order valence-electron chi connectivity index (χ3n) is 4.25. The highest BCUT2D eigenvalue weighted by atomic mass is 19.4. The van der Waals surface area contributed by atoms with Crippen LogP contribution >= 0.6 is 0 Å². The number of nitrogens with zero attached hydrogens (tertiary/aromatic N) is 4. The Kier molecular flexibility index (Phi) is 4.55. The predicted octanol–water partition coefficient (Wildman–Crippen LogP) is 2.57. The van der Waals surface area contributed by atoms with Crippen LogP contribution in [0.5, 0.6) is 0 Å². The standard InChI is InChI=1S/C16H17F3N4O/c17-16(18,19)13-2-1-6-21-15(13)22-8-4-12(5-9-22)10-23-11-20-7-3-14(23)24/h1-3,6-7,11-12H,4-5,8-10H2. The van der Waals surface area contributed by atoms with E-state index in [-0.39, 0.29) is 17.3 Å². The maximum absolute atomic E-state index is 13.1. The minimum atomic E-state index is -4.41. The van der Waals surface area contributed by atoms with Gasteiger partial charge < -0.3 is 4.90 Å². The minimum absolute atomic E-state index is 0.0120. The summed E-state index contributed by atoms with van der Waals surface area (Å²) in [4.78, 5) is 21.2. The van der Waals surface area contributed by atoms with E-state index >= 15 is 0 Å². The van der Waals surface area contributed by atoms with Gasteiger partial charge in [-0.3, -0.25) is 9.36 Å². The molecule has 2 aromatic heterocycles. The zero-order chi connectivity index (χ0) is 17.2. The lowest BCUT2D eigenvalue weighted by molar-refractivity contribution is -0.137. The van der Waals surface area contributed by atoms with Gasteiger partial charge >= 0.3 is 6.18 Å². The van der Waals surface area contributed by atoms with Gasteiger partial charge in [0, 0.05) is 38.1 Å². The maximum Gasteiger partial charge on any atom is 0.419 e. The molecule has 2 aromatic rings. The Hall–Kier alpha value is -2.38. The van der Waals surface area contributed by atoms with Gasteiger partial charge in [-0.2, -0.15) is 13.2 Å². The SMILES string of the molecule is O=c1ccncn1CC1CCN(c2ncccc2C(F)(F)F)CC1. The monoisotopic (exact) mass is 338 g/mol. The zero-order valence-electron chi connectivity index (χ0n) is 12.9. The lowest BCUT2D eigenvalue weighted by Crippen LogP contribution is -2.37. The van der Waals surface area contributed by atoms with E-state index in [1.54, 1.807) is 9.47 Å². The van der Waals surface area contributed by atoms with Crippen LogP contribution in [0.25, 0.3) is 0 Å². The Morgan fingerprint density at radius 2 is 1.92 bits per heavy atom. The molecule has 0 radical (unpaired) electrons. The third-order valence-corrected chi connectivity index (χ3v) is 4.25. The summed E-state index contributed by atoms with van der Waals surface area (Å²) in [5.41, 5.74) is -0.816. The zero-order valence-corrected chi connectivity index (χ0v) is 12.9. The molecule has 0 aromatic carbocycles. The van der Waals surface area contributed by atoms with E-state index in [9.17, 15) is 18.0 Å². The van der Waals surface area contributed by atoms with E-state index in [1.165, 1.54) is 30.9 Å². The summed E-state index contributed by atoms with van der Waals surface area (Å²) < 4.78 is 40.8. The van der Waals surface area contributed by atoms with E-state index in [4.69, 9.17) is 0 Å². The highest BCUT2D eigenvalue weighted by Gasteiger charge is 2.36. The second kappa shape index (κ2) is 6.62. The Morgan fingerprint density at radius 3 is 2.58 bits per heavy atom. The van der Waals surface area contributed by atoms with Crippen LogP contribution in [0.1, 0.15) is 18.4 Å². The lowest BCUT2D eigenvalue weighted by Gasteiger charge is -2.34. The largest absolute Gasteiger partial charge is 0.419 e. The van der Waals surface area contributed by atoms with Crippen molar-refractivity contribution in [3.05, 3.63) is 52.8 Å². The molecule has 0 spiro atoms. The molecule has 0 N–H and O–H groups in total. The molecule has 1 saturated heterocycles. The number of anilines is 1. The van der Waals surface area contributed by atoms with E-state index in [0.29, 0.717) is 32.5 Å². The summed E-state index contributed by atoms with van der Waals surface area (Å²) in [6, 6.07) is 3.76. The third kappa shape index (κ3) is 3.58. The van der Waals surface area contributed by atoms with Gasteiger partial charge in [-0.25, -0.2) is 9.97 Å². The van der Waals surface area contributed by atoms with Crippen molar-refractivity contribution in [1.29, 1.82) is 0 Å². The van der Waals surface area contributed by atoms with Gasteiger partial charge in [-0.1, -0.05) is 0 Å². The summed E-state index contributed by atoms with van der Waals surface area (Å²) >= 11 is 0. The first-order chi connectivity index (χ1) is 11.4. The normalized spacial score (nSPS) is 16.4. The van der Waals surface area contributed by atoms with E-state index in [1.807, 2.05) is 0 Å². The van der Waals surface area contributed by atoms with Crippen LogP contribution in [0.2, 0.25) is 0 Å². The molecule has 1 fully saturated rings. The van der Waals surface area contributed by atoms with Crippen molar-refractivity contribution < 1.29 is 13.2 Å². The molecular formula is C16H17F3N4O. The number of halogens is 3.